The molecule has 1 atom stereocenters. The van der Waals surface area contributed by atoms with Gasteiger partial charge in [-0.3, -0.25) is 0 Å². The Morgan fingerprint density at radius 1 is 1.47 bits per heavy atom. The molecular weight excluding hydrogens is 214 g/mol. The van der Waals surface area contributed by atoms with E-state index in [1.807, 2.05) is 13.0 Å². The molecular formula is C13H21N3O. The second-order valence-electron chi connectivity index (χ2n) is 5.05. The summed E-state index contributed by atoms with van der Waals surface area (Å²) in [6.45, 7) is 7.40. The van der Waals surface area contributed by atoms with Crippen molar-refractivity contribution in [2.75, 3.05) is 18.1 Å². The summed E-state index contributed by atoms with van der Waals surface area (Å²) in [4.78, 5) is 11.3. The van der Waals surface area contributed by atoms with Crippen LogP contribution in [0.3, 0.4) is 0 Å². The van der Waals surface area contributed by atoms with Gasteiger partial charge in [0.25, 0.3) is 0 Å². The maximum atomic E-state index is 9.36. The lowest BCUT2D eigenvalue weighted by Crippen LogP contribution is -2.33. The maximum absolute atomic E-state index is 9.36. The second kappa shape index (κ2) is 5.00. The SMILES string of the molecule is Cc1cc(N2CCCC2CO)nc(C(C)C)n1. The number of aliphatic hydroxyl groups is 1. The lowest BCUT2D eigenvalue weighted by Gasteiger charge is -2.25. The largest absolute Gasteiger partial charge is 0.394 e. The molecule has 1 aliphatic rings. The van der Waals surface area contributed by atoms with Crippen molar-refractivity contribution in [3.8, 4) is 0 Å². The van der Waals surface area contributed by atoms with Gasteiger partial charge in [-0.2, -0.15) is 0 Å². The molecule has 1 fully saturated rings. The molecule has 17 heavy (non-hydrogen) atoms. The normalized spacial score (nSPS) is 20.3. The monoisotopic (exact) mass is 235 g/mol. The minimum Gasteiger partial charge on any atom is -0.394 e. The zero-order valence-corrected chi connectivity index (χ0v) is 10.8. The number of aromatic nitrogens is 2. The Hall–Kier alpha value is -1.16. The summed E-state index contributed by atoms with van der Waals surface area (Å²) < 4.78 is 0. The standard InChI is InChI=1S/C13H21N3O/c1-9(2)13-14-10(3)7-12(15-13)16-6-4-5-11(16)8-17/h7,9,11,17H,4-6,8H2,1-3H3. The molecule has 94 valence electrons. The van der Waals surface area contributed by atoms with Crippen LogP contribution in [0.15, 0.2) is 6.07 Å². The maximum Gasteiger partial charge on any atom is 0.133 e. The molecule has 0 saturated carbocycles. The van der Waals surface area contributed by atoms with Crippen LogP contribution < -0.4 is 4.90 Å². The fourth-order valence-corrected chi connectivity index (χ4v) is 2.31. The molecule has 0 radical (unpaired) electrons. The molecule has 2 rings (SSSR count). The summed E-state index contributed by atoms with van der Waals surface area (Å²) in [5.74, 6) is 2.20. The Morgan fingerprint density at radius 3 is 2.88 bits per heavy atom. The minimum atomic E-state index is 0.208. The number of anilines is 1. The highest BCUT2D eigenvalue weighted by molar-refractivity contribution is 5.42. The number of hydrogen-bond donors (Lipinski definition) is 1. The Bertz CT molecular complexity index is 392. The van der Waals surface area contributed by atoms with Gasteiger partial charge >= 0.3 is 0 Å². The summed E-state index contributed by atoms with van der Waals surface area (Å²) in [6.07, 6.45) is 2.18. The first-order valence-electron chi connectivity index (χ1n) is 6.35. The minimum absolute atomic E-state index is 0.208. The zero-order chi connectivity index (χ0) is 12.4. The van der Waals surface area contributed by atoms with Gasteiger partial charge in [0.05, 0.1) is 12.6 Å². The Labute approximate surface area is 103 Å². The van der Waals surface area contributed by atoms with Crippen molar-refractivity contribution in [3.63, 3.8) is 0 Å². The highest BCUT2D eigenvalue weighted by atomic mass is 16.3. The van der Waals surface area contributed by atoms with Crippen LogP contribution in [0.1, 0.15) is 44.1 Å². The van der Waals surface area contributed by atoms with E-state index in [9.17, 15) is 5.11 Å². The number of nitrogens with zero attached hydrogens (tertiary/aromatic N) is 3. The highest BCUT2D eigenvalue weighted by Crippen LogP contribution is 2.25. The Kier molecular flexibility index (Phi) is 3.62. The number of rotatable bonds is 3. The first kappa shape index (κ1) is 12.3. The molecule has 0 spiro atoms. The van der Waals surface area contributed by atoms with Crippen LogP contribution >= 0.6 is 0 Å². The van der Waals surface area contributed by atoms with E-state index in [0.717, 1.165) is 36.7 Å². The van der Waals surface area contributed by atoms with Gasteiger partial charge in [-0.15, -0.1) is 0 Å². The van der Waals surface area contributed by atoms with Crippen molar-refractivity contribution in [1.82, 2.24) is 9.97 Å². The van der Waals surface area contributed by atoms with Crippen molar-refractivity contribution < 1.29 is 5.11 Å². The zero-order valence-electron chi connectivity index (χ0n) is 10.8. The molecule has 1 aromatic heterocycles. The van der Waals surface area contributed by atoms with Gasteiger partial charge in [0, 0.05) is 24.2 Å². The van der Waals surface area contributed by atoms with Gasteiger partial charge in [-0.05, 0) is 19.8 Å². The van der Waals surface area contributed by atoms with Crippen molar-refractivity contribution >= 4 is 5.82 Å². The fraction of sp³-hybridized carbons (Fsp3) is 0.692. The predicted octanol–water partition coefficient (Wildman–Crippen LogP) is 1.87. The van der Waals surface area contributed by atoms with E-state index < -0.39 is 0 Å². The van der Waals surface area contributed by atoms with E-state index in [-0.39, 0.29) is 12.6 Å². The summed E-state index contributed by atoms with van der Waals surface area (Å²) in [5, 5.41) is 9.36. The van der Waals surface area contributed by atoms with Crippen molar-refractivity contribution in [2.24, 2.45) is 0 Å². The third-order valence-electron chi connectivity index (χ3n) is 3.26. The summed E-state index contributed by atoms with van der Waals surface area (Å²) in [6, 6.07) is 2.24. The first-order valence-corrected chi connectivity index (χ1v) is 6.35. The molecule has 1 N–H and O–H groups in total. The summed E-state index contributed by atoms with van der Waals surface area (Å²) >= 11 is 0. The Balaban J connectivity index is 2.31. The molecule has 0 aromatic carbocycles. The molecule has 1 saturated heterocycles. The van der Waals surface area contributed by atoms with E-state index in [1.165, 1.54) is 0 Å². The van der Waals surface area contributed by atoms with Gasteiger partial charge < -0.3 is 10.0 Å². The predicted molar refractivity (Wildman–Crippen MR) is 68.3 cm³/mol. The molecule has 0 bridgehead atoms. The Morgan fingerprint density at radius 2 is 2.24 bits per heavy atom. The number of aryl methyl sites for hydroxylation is 1. The third kappa shape index (κ3) is 2.57. The van der Waals surface area contributed by atoms with Gasteiger partial charge in [-0.1, -0.05) is 13.8 Å². The van der Waals surface area contributed by atoms with Crippen LogP contribution in [-0.2, 0) is 0 Å². The summed E-state index contributed by atoms with van der Waals surface area (Å²) in [7, 11) is 0. The molecule has 1 aliphatic heterocycles. The average molecular weight is 235 g/mol. The summed E-state index contributed by atoms with van der Waals surface area (Å²) in [5.41, 5.74) is 1.00. The smallest absolute Gasteiger partial charge is 0.133 e. The molecule has 0 aliphatic carbocycles. The number of aliphatic hydroxyl groups excluding tert-OH is 1. The lowest BCUT2D eigenvalue weighted by atomic mass is 10.2. The van der Waals surface area contributed by atoms with Crippen molar-refractivity contribution in [1.29, 1.82) is 0 Å². The van der Waals surface area contributed by atoms with E-state index in [4.69, 9.17) is 0 Å². The van der Waals surface area contributed by atoms with Gasteiger partial charge in [-0.25, -0.2) is 9.97 Å². The average Bonchev–Trinajstić information content (AvgIpc) is 2.76. The van der Waals surface area contributed by atoms with Crippen LogP contribution in [0.5, 0.6) is 0 Å². The quantitative estimate of drug-likeness (QED) is 0.869. The fourth-order valence-electron chi connectivity index (χ4n) is 2.31. The van der Waals surface area contributed by atoms with Crippen molar-refractivity contribution in [3.05, 3.63) is 17.6 Å². The van der Waals surface area contributed by atoms with E-state index in [2.05, 4.69) is 28.7 Å². The number of hydrogen-bond acceptors (Lipinski definition) is 4. The first-order chi connectivity index (χ1) is 8.11. The van der Waals surface area contributed by atoms with E-state index in [1.54, 1.807) is 0 Å². The topological polar surface area (TPSA) is 49.2 Å². The van der Waals surface area contributed by atoms with Crippen molar-refractivity contribution in [2.45, 2.75) is 45.6 Å². The lowest BCUT2D eigenvalue weighted by molar-refractivity contribution is 0.266. The van der Waals surface area contributed by atoms with E-state index >= 15 is 0 Å². The van der Waals surface area contributed by atoms with Crippen LogP contribution in [-0.4, -0.2) is 34.3 Å². The van der Waals surface area contributed by atoms with Crippen LogP contribution in [0.4, 0.5) is 5.82 Å². The third-order valence-corrected chi connectivity index (χ3v) is 3.26. The second-order valence-corrected chi connectivity index (χ2v) is 5.05. The molecule has 4 heteroatoms. The van der Waals surface area contributed by atoms with Gasteiger partial charge in [0.1, 0.15) is 11.6 Å². The van der Waals surface area contributed by atoms with Crippen LogP contribution in [0.2, 0.25) is 0 Å². The van der Waals surface area contributed by atoms with Gasteiger partial charge in [0.2, 0.25) is 0 Å². The molecule has 2 heterocycles. The molecule has 1 aromatic rings. The van der Waals surface area contributed by atoms with E-state index in [0.29, 0.717) is 5.92 Å². The van der Waals surface area contributed by atoms with Crippen LogP contribution in [0, 0.1) is 6.92 Å². The van der Waals surface area contributed by atoms with Gasteiger partial charge in [0.15, 0.2) is 0 Å². The highest BCUT2D eigenvalue weighted by Gasteiger charge is 2.25. The molecule has 1 unspecified atom stereocenters. The molecule has 0 amide bonds. The molecule has 4 nitrogen and oxygen atoms in total. The van der Waals surface area contributed by atoms with Crippen LogP contribution in [0.25, 0.3) is 0 Å².